The number of carbonyl (C=O) groups is 1. The molecule has 2 saturated carbocycles. The lowest BCUT2D eigenvalue weighted by Crippen LogP contribution is -2.62. The van der Waals surface area contributed by atoms with E-state index in [1.807, 2.05) is 0 Å². The molecule has 1 spiro atoms. The second kappa shape index (κ2) is 3.32. The summed E-state index contributed by atoms with van der Waals surface area (Å²) in [5.41, 5.74) is -0.177. The summed E-state index contributed by atoms with van der Waals surface area (Å²) in [5, 5.41) is 0.173. The number of hydrogen-bond donors (Lipinski definition) is 0. The Bertz CT molecular complexity index is 419. The Labute approximate surface area is 114 Å². The van der Waals surface area contributed by atoms with E-state index >= 15 is 0 Å². The van der Waals surface area contributed by atoms with Crippen LogP contribution in [-0.4, -0.2) is 23.4 Å². The van der Waals surface area contributed by atoms with Crippen molar-refractivity contribution in [2.24, 2.45) is 16.2 Å². The summed E-state index contributed by atoms with van der Waals surface area (Å²) in [6, 6.07) is 0. The first-order valence-corrected chi connectivity index (χ1v) is 7.38. The Balaban J connectivity index is 2.13. The molecule has 102 valence electrons. The van der Waals surface area contributed by atoms with Gasteiger partial charge in [-0.05, 0) is 25.2 Å². The van der Waals surface area contributed by atoms with E-state index in [9.17, 15) is 4.79 Å². The molecule has 0 radical (unpaired) electrons. The van der Waals surface area contributed by atoms with Gasteiger partial charge in [-0.25, -0.2) is 0 Å². The van der Waals surface area contributed by atoms with Crippen molar-refractivity contribution < 1.29 is 9.53 Å². The molecule has 4 atom stereocenters. The maximum absolute atomic E-state index is 12.1. The topological polar surface area (TPSA) is 26.3 Å². The summed E-state index contributed by atoms with van der Waals surface area (Å²) in [5.74, 6) is 0.342. The van der Waals surface area contributed by atoms with Crippen molar-refractivity contribution in [3.8, 4) is 0 Å². The molecular formula is C15H23ClO2. The lowest BCUT2D eigenvalue weighted by Gasteiger charge is -2.61. The normalized spacial score (nSPS) is 54.3. The Morgan fingerprint density at radius 2 is 1.89 bits per heavy atom. The third-order valence-electron chi connectivity index (χ3n) is 6.19. The van der Waals surface area contributed by atoms with Gasteiger partial charge in [0, 0.05) is 29.0 Å². The second-order valence-corrected chi connectivity index (χ2v) is 8.41. The maximum atomic E-state index is 12.1. The highest BCUT2D eigenvalue weighted by Crippen LogP contribution is 2.71. The quantitative estimate of drug-likeness (QED) is 0.629. The van der Waals surface area contributed by atoms with E-state index in [0.717, 1.165) is 12.8 Å². The van der Waals surface area contributed by atoms with Crippen molar-refractivity contribution in [3.63, 3.8) is 0 Å². The van der Waals surface area contributed by atoms with Gasteiger partial charge in [0.2, 0.25) is 0 Å². The molecule has 3 fully saturated rings. The van der Waals surface area contributed by atoms with Crippen LogP contribution in [0.3, 0.4) is 0 Å². The fourth-order valence-corrected chi connectivity index (χ4v) is 5.39. The van der Waals surface area contributed by atoms with Gasteiger partial charge < -0.3 is 4.74 Å². The molecule has 0 amide bonds. The Morgan fingerprint density at radius 3 is 2.56 bits per heavy atom. The van der Waals surface area contributed by atoms with E-state index in [-0.39, 0.29) is 27.2 Å². The van der Waals surface area contributed by atoms with Crippen molar-refractivity contribution in [1.29, 1.82) is 0 Å². The van der Waals surface area contributed by atoms with Gasteiger partial charge in [0.1, 0.15) is 5.78 Å². The summed E-state index contributed by atoms with van der Waals surface area (Å²) >= 11 is 6.63. The smallest absolute Gasteiger partial charge is 0.136 e. The monoisotopic (exact) mass is 270 g/mol. The molecule has 0 N–H and O–H groups in total. The van der Waals surface area contributed by atoms with E-state index in [0.29, 0.717) is 25.2 Å². The van der Waals surface area contributed by atoms with Crippen LogP contribution in [0.5, 0.6) is 0 Å². The number of halogens is 1. The van der Waals surface area contributed by atoms with E-state index in [2.05, 4.69) is 27.7 Å². The van der Waals surface area contributed by atoms with Gasteiger partial charge in [0.25, 0.3) is 0 Å². The second-order valence-electron chi connectivity index (χ2n) is 7.88. The third kappa shape index (κ3) is 1.31. The molecule has 1 heterocycles. The molecule has 18 heavy (non-hydrogen) atoms. The molecule has 0 aromatic heterocycles. The Hall–Kier alpha value is -0.0800. The highest BCUT2D eigenvalue weighted by Gasteiger charge is 2.71. The molecule has 1 saturated heterocycles. The lowest BCUT2D eigenvalue weighted by atomic mass is 9.48. The van der Waals surface area contributed by atoms with E-state index in [1.54, 1.807) is 0 Å². The molecule has 1 aliphatic heterocycles. The van der Waals surface area contributed by atoms with Crippen LogP contribution in [0.1, 0.15) is 53.4 Å². The van der Waals surface area contributed by atoms with Crippen LogP contribution in [0.15, 0.2) is 0 Å². The van der Waals surface area contributed by atoms with Crippen LogP contribution in [0.2, 0.25) is 0 Å². The first kappa shape index (κ1) is 12.9. The largest absolute Gasteiger partial charge is 0.374 e. The van der Waals surface area contributed by atoms with E-state index in [1.165, 1.54) is 0 Å². The van der Waals surface area contributed by atoms with Crippen LogP contribution in [0, 0.1) is 16.2 Å². The third-order valence-corrected chi connectivity index (χ3v) is 6.87. The summed E-state index contributed by atoms with van der Waals surface area (Å²) in [6.07, 6.45) is 3.33. The summed E-state index contributed by atoms with van der Waals surface area (Å²) in [4.78, 5) is 12.1. The first-order valence-electron chi connectivity index (χ1n) is 6.94. The van der Waals surface area contributed by atoms with Crippen LogP contribution in [0.25, 0.3) is 0 Å². The molecular weight excluding hydrogens is 248 g/mol. The zero-order chi connectivity index (χ0) is 13.4. The van der Waals surface area contributed by atoms with Gasteiger partial charge >= 0.3 is 0 Å². The summed E-state index contributed by atoms with van der Waals surface area (Å²) in [7, 11) is 0. The highest BCUT2D eigenvalue weighted by molar-refractivity contribution is 6.21. The Morgan fingerprint density at radius 1 is 1.22 bits per heavy atom. The zero-order valence-corrected chi connectivity index (χ0v) is 12.6. The predicted molar refractivity (Wildman–Crippen MR) is 71.8 cm³/mol. The number of carbonyl (C=O) groups excluding carboxylic acids is 1. The van der Waals surface area contributed by atoms with Gasteiger partial charge in [-0.15, -0.1) is 11.6 Å². The van der Waals surface area contributed by atoms with Crippen molar-refractivity contribution in [1.82, 2.24) is 0 Å². The molecule has 3 rings (SSSR count). The van der Waals surface area contributed by atoms with Gasteiger partial charge in [0.15, 0.2) is 0 Å². The van der Waals surface area contributed by atoms with E-state index in [4.69, 9.17) is 16.3 Å². The zero-order valence-electron chi connectivity index (χ0n) is 11.8. The molecule has 2 unspecified atom stereocenters. The molecule has 3 heteroatoms. The maximum Gasteiger partial charge on any atom is 0.136 e. The fraction of sp³-hybridized carbons (Fsp3) is 0.933. The van der Waals surface area contributed by atoms with Crippen LogP contribution in [-0.2, 0) is 9.53 Å². The van der Waals surface area contributed by atoms with Gasteiger partial charge in [-0.3, -0.25) is 4.79 Å². The van der Waals surface area contributed by atoms with Crippen LogP contribution < -0.4 is 0 Å². The van der Waals surface area contributed by atoms with Gasteiger partial charge in [-0.1, -0.05) is 20.8 Å². The molecule has 0 aromatic carbocycles. The average molecular weight is 271 g/mol. The predicted octanol–water partition coefficient (Wildman–Crippen LogP) is 3.56. The van der Waals surface area contributed by atoms with Crippen molar-refractivity contribution in [2.75, 3.05) is 6.61 Å². The summed E-state index contributed by atoms with van der Waals surface area (Å²) in [6.45, 7) is 9.53. The Kier molecular flexibility index (Phi) is 2.39. The number of ether oxygens (including phenoxy) is 1. The molecule has 2 bridgehead atoms. The molecule has 2 aliphatic carbocycles. The molecule has 2 nitrogen and oxygen atoms in total. The number of ketones is 1. The number of Topliss-reactive ketones (excluding diaryl/α,β-unsaturated/α-hetero) is 1. The van der Waals surface area contributed by atoms with Gasteiger partial charge in [-0.2, -0.15) is 0 Å². The van der Waals surface area contributed by atoms with Crippen LogP contribution in [0.4, 0.5) is 0 Å². The number of fused-ring (bicyclic) bond motifs is 1. The number of hydrogen-bond acceptors (Lipinski definition) is 2. The molecule has 3 aliphatic rings. The molecule has 0 aromatic rings. The summed E-state index contributed by atoms with van der Waals surface area (Å²) < 4.78 is 6.22. The minimum atomic E-state index is -0.311. The SMILES string of the molecule is CC12CO[C@]3(C)CC(=O)CC(C)(C)[C@@]3(CC1Cl)C2. The first-order chi connectivity index (χ1) is 8.14. The lowest BCUT2D eigenvalue weighted by molar-refractivity contribution is -0.230. The average Bonchev–Trinajstić information content (AvgIpc) is 2.44. The van der Waals surface area contributed by atoms with Crippen LogP contribution >= 0.6 is 11.6 Å². The van der Waals surface area contributed by atoms with Crippen molar-refractivity contribution in [2.45, 2.75) is 64.4 Å². The van der Waals surface area contributed by atoms with Crippen molar-refractivity contribution >= 4 is 17.4 Å². The van der Waals surface area contributed by atoms with E-state index < -0.39 is 0 Å². The fourth-order valence-electron chi connectivity index (χ4n) is 4.98. The minimum Gasteiger partial charge on any atom is -0.374 e. The number of rotatable bonds is 0. The highest BCUT2D eigenvalue weighted by atomic mass is 35.5. The standard InChI is InChI=1S/C15H23ClO2/c1-12(2)5-10(17)6-14(4)15(12)7-11(16)13(3,8-15)9-18-14/h11H,5-9H2,1-4H3/t11?,13?,14-,15-/m1/s1. The minimum absolute atomic E-state index is 0.0115. The van der Waals surface area contributed by atoms with Gasteiger partial charge in [0.05, 0.1) is 12.2 Å². The number of alkyl halides is 1. The van der Waals surface area contributed by atoms with Crippen molar-refractivity contribution in [3.05, 3.63) is 0 Å².